The lowest BCUT2D eigenvalue weighted by molar-refractivity contribution is 0.0285. The third kappa shape index (κ3) is 6.72. The molecule has 0 radical (unpaired) electrons. The molecule has 0 aliphatic heterocycles. The van der Waals surface area contributed by atoms with Gasteiger partial charge in [0, 0.05) is 49.0 Å². The lowest BCUT2D eigenvalue weighted by atomic mass is 9.87. The van der Waals surface area contributed by atoms with E-state index in [1.54, 1.807) is 0 Å². The molecule has 4 nitrogen and oxygen atoms in total. The molecule has 0 spiro atoms. The predicted molar refractivity (Wildman–Crippen MR) is 181 cm³/mol. The Morgan fingerprint density at radius 3 is 1.30 bits per heavy atom. The Morgan fingerprint density at radius 2 is 0.841 bits per heavy atom. The van der Waals surface area contributed by atoms with E-state index < -0.39 is 0 Å². The van der Waals surface area contributed by atoms with Crippen LogP contribution >= 0.6 is 0 Å². The van der Waals surface area contributed by atoms with Crippen molar-refractivity contribution in [2.75, 3.05) is 0 Å². The maximum Gasteiger partial charge on any atom is 0.0705 e. The van der Waals surface area contributed by atoms with Crippen molar-refractivity contribution in [3.05, 3.63) is 156 Å². The Kier molecular flexibility index (Phi) is 8.71. The zero-order valence-corrected chi connectivity index (χ0v) is 25.3. The highest BCUT2D eigenvalue weighted by Crippen LogP contribution is 2.32. The third-order valence-corrected chi connectivity index (χ3v) is 9.13. The molecule has 1 saturated carbocycles. The number of fused-ring (bicyclic) bond motifs is 2. The molecule has 0 amide bonds. The fraction of sp³-hybridized carbons (Fsp3) is 0.250. The minimum absolute atomic E-state index is 0.404. The lowest BCUT2D eigenvalue weighted by Gasteiger charge is -2.45. The van der Waals surface area contributed by atoms with Crippen LogP contribution in [0.4, 0.5) is 0 Å². The number of hydrogen-bond donors (Lipinski definition) is 0. The summed E-state index contributed by atoms with van der Waals surface area (Å²) in [6.45, 7) is 3.47. The first-order valence-corrected chi connectivity index (χ1v) is 16.0. The van der Waals surface area contributed by atoms with Crippen LogP contribution in [-0.2, 0) is 26.2 Å². The van der Waals surface area contributed by atoms with Gasteiger partial charge in [-0.25, -0.2) is 0 Å². The van der Waals surface area contributed by atoms with Gasteiger partial charge in [-0.05, 0) is 48.2 Å². The normalized spacial score (nSPS) is 17.0. The Hall–Kier alpha value is -4.38. The monoisotopic (exact) mass is 576 g/mol. The van der Waals surface area contributed by atoms with Crippen molar-refractivity contribution < 1.29 is 0 Å². The summed E-state index contributed by atoms with van der Waals surface area (Å²) in [5.74, 6) is 0. The largest absolute Gasteiger partial charge is 0.289 e. The molecule has 2 aromatic heterocycles. The van der Waals surface area contributed by atoms with Gasteiger partial charge in [-0.3, -0.25) is 19.8 Å². The van der Waals surface area contributed by atoms with E-state index >= 15 is 0 Å². The van der Waals surface area contributed by atoms with Crippen LogP contribution < -0.4 is 0 Å². The minimum Gasteiger partial charge on any atom is -0.289 e. The molecule has 44 heavy (non-hydrogen) atoms. The van der Waals surface area contributed by atoms with Gasteiger partial charge in [-0.2, -0.15) is 0 Å². The second-order valence-corrected chi connectivity index (χ2v) is 12.2. The van der Waals surface area contributed by atoms with Gasteiger partial charge in [0.05, 0.1) is 22.4 Å². The lowest BCUT2D eigenvalue weighted by Crippen LogP contribution is -2.52. The number of aromatic nitrogens is 2. The van der Waals surface area contributed by atoms with Crippen LogP contribution in [0.15, 0.2) is 133 Å². The highest BCUT2D eigenvalue weighted by molar-refractivity contribution is 5.79. The Bertz CT molecular complexity index is 1670. The molecule has 6 aromatic rings. The molecular weight excluding hydrogens is 536 g/mol. The molecule has 2 atom stereocenters. The van der Waals surface area contributed by atoms with E-state index in [0.29, 0.717) is 12.1 Å². The van der Waals surface area contributed by atoms with E-state index in [1.165, 1.54) is 47.6 Å². The summed E-state index contributed by atoms with van der Waals surface area (Å²) in [6, 6.07) is 48.5. The van der Waals surface area contributed by atoms with E-state index in [0.717, 1.165) is 48.6 Å². The number of pyridine rings is 2. The summed E-state index contributed by atoms with van der Waals surface area (Å²) in [6.07, 6.45) is 4.87. The predicted octanol–water partition coefficient (Wildman–Crippen LogP) is 8.80. The average molecular weight is 577 g/mol. The average Bonchev–Trinajstić information content (AvgIpc) is 3.08. The fourth-order valence-electron chi connectivity index (χ4n) is 6.97. The van der Waals surface area contributed by atoms with Crippen LogP contribution in [0.5, 0.6) is 0 Å². The molecule has 1 fully saturated rings. The van der Waals surface area contributed by atoms with Gasteiger partial charge in [0.2, 0.25) is 0 Å². The summed E-state index contributed by atoms with van der Waals surface area (Å²) < 4.78 is 0. The summed E-state index contributed by atoms with van der Waals surface area (Å²) in [4.78, 5) is 15.7. The van der Waals surface area contributed by atoms with Crippen molar-refractivity contribution in [1.82, 2.24) is 19.8 Å². The van der Waals surface area contributed by atoms with Crippen molar-refractivity contribution in [1.29, 1.82) is 0 Å². The number of nitrogens with zero attached hydrogens (tertiary/aromatic N) is 4. The Morgan fingerprint density at radius 1 is 0.432 bits per heavy atom. The first-order valence-electron chi connectivity index (χ1n) is 16.0. The fourth-order valence-corrected chi connectivity index (χ4v) is 6.97. The molecular formula is C40H40N4. The first kappa shape index (κ1) is 28.4. The van der Waals surface area contributed by atoms with Gasteiger partial charge in [-0.1, -0.05) is 122 Å². The van der Waals surface area contributed by atoms with Gasteiger partial charge in [0.25, 0.3) is 0 Å². The number of para-hydroxylation sites is 2. The van der Waals surface area contributed by atoms with Crippen LogP contribution in [0, 0.1) is 0 Å². The van der Waals surface area contributed by atoms with Crippen LogP contribution in [-0.4, -0.2) is 31.9 Å². The molecule has 7 rings (SSSR count). The van der Waals surface area contributed by atoms with E-state index in [2.05, 4.69) is 143 Å². The van der Waals surface area contributed by atoms with Crippen molar-refractivity contribution in [2.24, 2.45) is 0 Å². The van der Waals surface area contributed by atoms with Gasteiger partial charge in [0.1, 0.15) is 0 Å². The SMILES string of the molecule is c1ccc(CN(Cc2ccc3ccccc3n2)[C@@H]2CCCC[C@H]2N(Cc2ccccc2)Cc2ccc3ccccc3n2)cc1. The molecule has 0 bridgehead atoms. The summed E-state index contributed by atoms with van der Waals surface area (Å²) in [5, 5.41) is 2.39. The second-order valence-electron chi connectivity index (χ2n) is 12.2. The van der Waals surface area contributed by atoms with Crippen LogP contribution in [0.25, 0.3) is 21.8 Å². The molecule has 1 aliphatic rings. The van der Waals surface area contributed by atoms with Crippen molar-refractivity contribution >= 4 is 21.8 Å². The van der Waals surface area contributed by atoms with Crippen LogP contribution in [0.1, 0.15) is 48.2 Å². The summed E-state index contributed by atoms with van der Waals surface area (Å²) in [7, 11) is 0. The molecule has 1 aliphatic carbocycles. The van der Waals surface area contributed by atoms with E-state index in [1.807, 2.05) is 0 Å². The number of benzene rings is 4. The van der Waals surface area contributed by atoms with Gasteiger partial charge in [-0.15, -0.1) is 0 Å². The Balaban J connectivity index is 1.23. The van der Waals surface area contributed by atoms with Gasteiger partial charge in [0.15, 0.2) is 0 Å². The quantitative estimate of drug-likeness (QED) is 0.163. The molecule has 0 unspecified atom stereocenters. The topological polar surface area (TPSA) is 32.3 Å². The summed E-state index contributed by atoms with van der Waals surface area (Å²) >= 11 is 0. The van der Waals surface area contributed by atoms with Crippen molar-refractivity contribution in [3.63, 3.8) is 0 Å². The molecule has 0 saturated heterocycles. The zero-order valence-electron chi connectivity index (χ0n) is 25.3. The maximum atomic E-state index is 5.12. The number of hydrogen-bond acceptors (Lipinski definition) is 4. The first-order chi connectivity index (χ1) is 21.8. The number of rotatable bonds is 10. The van der Waals surface area contributed by atoms with Gasteiger partial charge >= 0.3 is 0 Å². The van der Waals surface area contributed by atoms with Gasteiger partial charge < -0.3 is 0 Å². The molecule has 220 valence electrons. The molecule has 2 heterocycles. The van der Waals surface area contributed by atoms with Crippen LogP contribution in [0.3, 0.4) is 0 Å². The third-order valence-electron chi connectivity index (χ3n) is 9.13. The van der Waals surface area contributed by atoms with Crippen molar-refractivity contribution in [2.45, 2.75) is 63.9 Å². The van der Waals surface area contributed by atoms with E-state index in [9.17, 15) is 0 Å². The van der Waals surface area contributed by atoms with Crippen LogP contribution in [0.2, 0.25) is 0 Å². The van der Waals surface area contributed by atoms with E-state index in [-0.39, 0.29) is 0 Å². The molecule has 4 aromatic carbocycles. The minimum atomic E-state index is 0.404. The van der Waals surface area contributed by atoms with Crippen molar-refractivity contribution in [3.8, 4) is 0 Å². The Labute approximate surface area is 261 Å². The molecule has 0 N–H and O–H groups in total. The summed E-state index contributed by atoms with van der Waals surface area (Å²) in [5.41, 5.74) is 7.10. The highest BCUT2D eigenvalue weighted by atomic mass is 15.3. The highest BCUT2D eigenvalue weighted by Gasteiger charge is 2.35. The maximum absolute atomic E-state index is 5.12. The van der Waals surface area contributed by atoms with E-state index in [4.69, 9.17) is 9.97 Å². The smallest absolute Gasteiger partial charge is 0.0705 e. The second kappa shape index (κ2) is 13.5. The molecule has 4 heteroatoms. The standard InChI is InChI=1S/C40H40N4/c1-3-13-31(14-4-1)27-43(29-35-25-23-33-17-7-9-19-37(33)41-35)39-21-11-12-22-40(39)44(28-32-15-5-2-6-16-32)30-36-26-24-34-18-8-10-20-38(34)42-36/h1-10,13-20,23-26,39-40H,11-12,21-22,27-30H2/t39-,40-/m1/s1. The zero-order chi connectivity index (χ0) is 29.6.